The molecule has 31 heavy (non-hydrogen) atoms. The van der Waals surface area contributed by atoms with Crippen LogP contribution in [0.5, 0.6) is 5.75 Å². The van der Waals surface area contributed by atoms with Crippen molar-refractivity contribution < 1.29 is 22.7 Å². The predicted octanol–water partition coefficient (Wildman–Crippen LogP) is 3.58. The minimum absolute atomic E-state index is 0.211. The quantitative estimate of drug-likeness (QED) is 0.680. The summed E-state index contributed by atoms with van der Waals surface area (Å²) in [7, 11) is -3.18. The molecule has 0 aromatic heterocycles. The van der Waals surface area contributed by atoms with Crippen LogP contribution < -0.4 is 4.74 Å². The zero-order valence-corrected chi connectivity index (χ0v) is 20.0. The first-order chi connectivity index (χ1) is 14.5. The Morgan fingerprint density at radius 3 is 2.10 bits per heavy atom. The summed E-state index contributed by atoms with van der Waals surface area (Å²) in [6, 6.07) is 7.22. The summed E-state index contributed by atoms with van der Waals surface area (Å²) < 4.78 is 34.5. The van der Waals surface area contributed by atoms with Gasteiger partial charge in [0, 0.05) is 38.5 Å². The summed E-state index contributed by atoms with van der Waals surface area (Å²) in [5.41, 5.74) is -0.454. The van der Waals surface area contributed by atoms with Crippen molar-refractivity contribution in [2.75, 3.05) is 39.0 Å². The van der Waals surface area contributed by atoms with Crippen LogP contribution in [-0.2, 0) is 14.6 Å². The maximum atomic E-state index is 12.2. The number of carbonyl (C=O) groups is 1. The molecule has 0 radical (unpaired) electrons. The normalized spacial score (nSPS) is 23.4. The van der Waals surface area contributed by atoms with Crippen LogP contribution in [-0.4, -0.2) is 75.0 Å². The maximum Gasteiger partial charge on any atom is 0.410 e. The van der Waals surface area contributed by atoms with E-state index in [9.17, 15) is 13.2 Å². The second-order valence-electron chi connectivity index (χ2n) is 9.73. The largest absolute Gasteiger partial charge is 0.493 e. The summed E-state index contributed by atoms with van der Waals surface area (Å²) in [4.78, 5) is 16.9. The zero-order chi connectivity index (χ0) is 22.6. The summed E-state index contributed by atoms with van der Waals surface area (Å²) >= 11 is 0. The fourth-order valence-corrected chi connectivity index (χ4v) is 4.90. The van der Waals surface area contributed by atoms with E-state index in [1.165, 1.54) is 6.26 Å². The lowest BCUT2D eigenvalue weighted by molar-refractivity contribution is 0.00653. The number of benzene rings is 1. The van der Waals surface area contributed by atoms with Gasteiger partial charge in [0.2, 0.25) is 0 Å². The molecule has 1 saturated carbocycles. The lowest BCUT2D eigenvalue weighted by Crippen LogP contribution is -2.53. The van der Waals surface area contributed by atoms with E-state index in [0.717, 1.165) is 51.9 Å². The van der Waals surface area contributed by atoms with Gasteiger partial charge in [0.1, 0.15) is 11.4 Å². The molecular formula is C23H36N2O5S. The molecule has 2 aliphatic rings. The molecule has 2 fully saturated rings. The summed E-state index contributed by atoms with van der Waals surface area (Å²) in [5.74, 6) is 1.24. The second-order valence-corrected chi connectivity index (χ2v) is 11.7. The van der Waals surface area contributed by atoms with Gasteiger partial charge in [0.05, 0.1) is 11.5 Å². The van der Waals surface area contributed by atoms with Gasteiger partial charge in [0.25, 0.3) is 0 Å². The van der Waals surface area contributed by atoms with Gasteiger partial charge in [-0.1, -0.05) is 0 Å². The Morgan fingerprint density at radius 2 is 1.58 bits per heavy atom. The molecule has 1 saturated heterocycles. The van der Waals surface area contributed by atoms with Gasteiger partial charge < -0.3 is 14.4 Å². The van der Waals surface area contributed by atoms with Crippen molar-refractivity contribution in [3.63, 3.8) is 0 Å². The third-order valence-corrected chi connectivity index (χ3v) is 7.16. The minimum atomic E-state index is -3.18. The average molecular weight is 453 g/mol. The van der Waals surface area contributed by atoms with Crippen molar-refractivity contribution in [1.82, 2.24) is 9.80 Å². The highest BCUT2D eigenvalue weighted by Gasteiger charge is 2.31. The lowest BCUT2D eigenvalue weighted by atomic mass is 9.85. The number of carbonyl (C=O) groups excluding carboxylic acids is 1. The molecule has 1 amide bonds. The molecule has 1 heterocycles. The van der Waals surface area contributed by atoms with E-state index < -0.39 is 15.4 Å². The van der Waals surface area contributed by atoms with Crippen LogP contribution in [0, 0.1) is 5.92 Å². The Morgan fingerprint density at radius 1 is 1.00 bits per heavy atom. The molecule has 1 aromatic carbocycles. The van der Waals surface area contributed by atoms with Crippen LogP contribution in [0.4, 0.5) is 4.79 Å². The number of hydrogen-bond acceptors (Lipinski definition) is 6. The molecule has 3 rings (SSSR count). The van der Waals surface area contributed by atoms with Crippen LogP contribution >= 0.6 is 0 Å². The summed E-state index contributed by atoms with van der Waals surface area (Å²) in [6.45, 7) is 9.60. The highest BCUT2D eigenvalue weighted by atomic mass is 32.2. The molecule has 0 atom stereocenters. The zero-order valence-electron chi connectivity index (χ0n) is 19.2. The standard InChI is InChI=1S/C23H36N2O5S/c1-23(2,3)30-22(26)25-15-13-24(14-16-25)19-7-5-18(6-8-19)17-29-20-9-11-21(12-10-20)31(4,27)28/h9-12,18-19H,5-8,13-17H2,1-4H3/t18-,19-. The Kier molecular flexibility index (Phi) is 7.52. The first kappa shape index (κ1) is 23.9. The first-order valence-corrected chi connectivity index (χ1v) is 13.1. The van der Waals surface area contributed by atoms with E-state index >= 15 is 0 Å². The van der Waals surface area contributed by atoms with E-state index in [1.807, 2.05) is 25.7 Å². The smallest absolute Gasteiger partial charge is 0.410 e. The number of amides is 1. The molecule has 1 aliphatic carbocycles. The second kappa shape index (κ2) is 9.77. The van der Waals surface area contributed by atoms with Crippen molar-refractivity contribution in [3.8, 4) is 5.75 Å². The van der Waals surface area contributed by atoms with Gasteiger partial charge in [-0.3, -0.25) is 4.90 Å². The molecule has 174 valence electrons. The number of sulfone groups is 1. The average Bonchev–Trinajstić information content (AvgIpc) is 2.71. The van der Waals surface area contributed by atoms with Gasteiger partial charge in [-0.2, -0.15) is 0 Å². The van der Waals surface area contributed by atoms with Crippen molar-refractivity contribution in [3.05, 3.63) is 24.3 Å². The van der Waals surface area contributed by atoms with Gasteiger partial charge in [-0.25, -0.2) is 13.2 Å². The number of ether oxygens (including phenoxy) is 2. The SMILES string of the molecule is CC(C)(C)OC(=O)N1CCN([C@H]2CC[C@H](COc3ccc(S(C)(=O)=O)cc3)CC2)CC1. The molecule has 0 N–H and O–H groups in total. The van der Waals surface area contributed by atoms with E-state index in [0.29, 0.717) is 29.2 Å². The van der Waals surface area contributed by atoms with Crippen LogP contribution in [0.25, 0.3) is 0 Å². The topological polar surface area (TPSA) is 76.2 Å². The Hall–Kier alpha value is -1.80. The van der Waals surface area contributed by atoms with E-state index in [1.54, 1.807) is 24.3 Å². The van der Waals surface area contributed by atoms with Gasteiger partial charge in [0.15, 0.2) is 9.84 Å². The fourth-order valence-electron chi connectivity index (χ4n) is 4.27. The highest BCUT2D eigenvalue weighted by Crippen LogP contribution is 2.29. The highest BCUT2D eigenvalue weighted by molar-refractivity contribution is 7.90. The van der Waals surface area contributed by atoms with E-state index in [-0.39, 0.29) is 6.09 Å². The third kappa shape index (κ3) is 7.10. The van der Waals surface area contributed by atoms with Crippen LogP contribution in [0.15, 0.2) is 29.2 Å². The van der Waals surface area contributed by atoms with Crippen molar-refractivity contribution in [1.29, 1.82) is 0 Å². The number of hydrogen-bond donors (Lipinski definition) is 0. The van der Waals surface area contributed by atoms with Crippen LogP contribution in [0.3, 0.4) is 0 Å². The Bertz CT molecular complexity index is 832. The third-order valence-electron chi connectivity index (χ3n) is 6.04. The maximum absolute atomic E-state index is 12.2. The Labute approximate surface area is 186 Å². The van der Waals surface area contributed by atoms with E-state index in [2.05, 4.69) is 4.90 Å². The summed E-state index contributed by atoms with van der Waals surface area (Å²) in [6.07, 6.45) is 5.54. The lowest BCUT2D eigenvalue weighted by Gasteiger charge is -2.42. The molecule has 0 spiro atoms. The fraction of sp³-hybridized carbons (Fsp3) is 0.696. The molecule has 7 nitrogen and oxygen atoms in total. The summed E-state index contributed by atoms with van der Waals surface area (Å²) in [5, 5.41) is 0. The molecular weight excluding hydrogens is 416 g/mol. The van der Waals surface area contributed by atoms with Crippen molar-refractivity contribution in [2.45, 2.75) is 63.0 Å². The van der Waals surface area contributed by atoms with Crippen LogP contribution in [0.2, 0.25) is 0 Å². The molecule has 1 aromatic rings. The molecule has 0 unspecified atom stereocenters. The number of nitrogens with zero attached hydrogens (tertiary/aromatic N) is 2. The molecule has 1 aliphatic heterocycles. The molecule has 0 bridgehead atoms. The van der Waals surface area contributed by atoms with Crippen molar-refractivity contribution in [2.24, 2.45) is 5.92 Å². The first-order valence-electron chi connectivity index (χ1n) is 11.2. The minimum Gasteiger partial charge on any atom is -0.493 e. The van der Waals surface area contributed by atoms with Gasteiger partial charge in [-0.15, -0.1) is 0 Å². The van der Waals surface area contributed by atoms with E-state index in [4.69, 9.17) is 9.47 Å². The van der Waals surface area contributed by atoms with Crippen molar-refractivity contribution >= 4 is 15.9 Å². The van der Waals surface area contributed by atoms with Crippen LogP contribution in [0.1, 0.15) is 46.5 Å². The predicted molar refractivity (Wildman–Crippen MR) is 120 cm³/mol. The number of piperazine rings is 1. The van der Waals surface area contributed by atoms with Gasteiger partial charge >= 0.3 is 6.09 Å². The van der Waals surface area contributed by atoms with Gasteiger partial charge in [-0.05, 0) is 76.6 Å². The number of rotatable bonds is 5. The monoisotopic (exact) mass is 452 g/mol. The molecule has 8 heteroatoms. The Balaban J connectivity index is 1.38.